The van der Waals surface area contributed by atoms with Gasteiger partial charge in [0.15, 0.2) is 9.84 Å². The van der Waals surface area contributed by atoms with Gasteiger partial charge in [0.2, 0.25) is 0 Å². The maximum Gasteiger partial charge on any atom is 0.178 e. The molecule has 0 bridgehead atoms. The molecule has 0 aromatic heterocycles. The normalized spacial score (nSPS) is 25.7. The highest BCUT2D eigenvalue weighted by Gasteiger charge is 2.32. The molecule has 4 heteroatoms. The molecule has 0 saturated heterocycles. The van der Waals surface area contributed by atoms with Crippen molar-refractivity contribution in [3.63, 3.8) is 0 Å². The third-order valence-corrected chi connectivity index (χ3v) is 6.06. The number of fused-ring (bicyclic) bond motifs is 1. The molecule has 3 rings (SSSR count). The zero-order chi connectivity index (χ0) is 13.6. The van der Waals surface area contributed by atoms with Crippen molar-refractivity contribution in [3.05, 3.63) is 28.8 Å². The van der Waals surface area contributed by atoms with Gasteiger partial charge in [-0.2, -0.15) is 0 Å². The summed E-state index contributed by atoms with van der Waals surface area (Å²) in [5.41, 5.74) is 3.05. The Morgan fingerprint density at radius 3 is 2.58 bits per heavy atom. The number of nitrogens with one attached hydrogen (secondary N) is 1. The lowest BCUT2D eigenvalue weighted by Gasteiger charge is -2.20. The lowest BCUT2D eigenvalue weighted by molar-refractivity contribution is 0.490. The summed E-state index contributed by atoms with van der Waals surface area (Å²) in [4.78, 5) is 0.591. The Labute approximate surface area is 115 Å². The second kappa shape index (κ2) is 4.60. The Hall–Kier alpha value is -0.870. The van der Waals surface area contributed by atoms with Crippen LogP contribution in [-0.4, -0.2) is 20.2 Å². The first kappa shape index (κ1) is 13.1. The van der Waals surface area contributed by atoms with Crippen LogP contribution in [0.15, 0.2) is 17.0 Å². The molecule has 1 unspecified atom stereocenters. The number of aryl methyl sites for hydroxylation is 2. The zero-order valence-electron chi connectivity index (χ0n) is 11.6. The number of sulfone groups is 1. The van der Waals surface area contributed by atoms with Gasteiger partial charge in [-0.15, -0.1) is 0 Å². The number of rotatable bonds is 2. The molecule has 1 N–H and O–H groups in total. The zero-order valence-corrected chi connectivity index (χ0v) is 12.4. The number of benzene rings is 1. The Bertz CT molecular complexity index is 603. The molecule has 1 aromatic rings. The summed E-state index contributed by atoms with van der Waals surface area (Å²) >= 11 is 0. The van der Waals surface area contributed by atoms with Crippen molar-refractivity contribution >= 4 is 9.84 Å². The van der Waals surface area contributed by atoms with Gasteiger partial charge in [-0.1, -0.05) is 17.7 Å². The molecule has 1 aliphatic carbocycles. The van der Waals surface area contributed by atoms with Crippen molar-refractivity contribution in [2.24, 2.45) is 0 Å². The van der Waals surface area contributed by atoms with E-state index in [1.807, 2.05) is 19.9 Å². The van der Waals surface area contributed by atoms with E-state index < -0.39 is 9.84 Å². The second-order valence-corrected chi connectivity index (χ2v) is 8.00. The van der Waals surface area contributed by atoms with Crippen molar-refractivity contribution in [2.45, 2.75) is 56.5 Å². The van der Waals surface area contributed by atoms with E-state index >= 15 is 0 Å². The van der Waals surface area contributed by atoms with Gasteiger partial charge < -0.3 is 5.32 Å². The fraction of sp³-hybridized carbons (Fsp3) is 0.600. The summed E-state index contributed by atoms with van der Waals surface area (Å²) in [7, 11) is -3.11. The molecule has 0 radical (unpaired) electrons. The minimum absolute atomic E-state index is 0.207. The van der Waals surface area contributed by atoms with Crippen LogP contribution in [0.2, 0.25) is 0 Å². The SMILES string of the molecule is Cc1cc(C)c2c(c1)C(NC1CC1)CCCS2(=O)=O. The average molecular weight is 279 g/mol. The van der Waals surface area contributed by atoms with Gasteiger partial charge in [-0.3, -0.25) is 0 Å². The highest BCUT2D eigenvalue weighted by molar-refractivity contribution is 7.91. The van der Waals surface area contributed by atoms with Crippen LogP contribution in [0.4, 0.5) is 0 Å². The first-order chi connectivity index (χ1) is 8.97. The van der Waals surface area contributed by atoms with Gasteiger partial charge in [0.25, 0.3) is 0 Å². The molecule has 1 fully saturated rings. The third kappa shape index (κ3) is 2.56. The van der Waals surface area contributed by atoms with Gasteiger partial charge >= 0.3 is 0 Å². The van der Waals surface area contributed by atoms with Crippen molar-refractivity contribution in [1.82, 2.24) is 5.32 Å². The largest absolute Gasteiger partial charge is 0.307 e. The smallest absolute Gasteiger partial charge is 0.178 e. The van der Waals surface area contributed by atoms with Crippen LogP contribution in [0.25, 0.3) is 0 Å². The lowest BCUT2D eigenvalue weighted by Crippen LogP contribution is -2.24. The van der Waals surface area contributed by atoms with E-state index in [0.29, 0.717) is 10.9 Å². The summed E-state index contributed by atoms with van der Waals surface area (Å²) in [6.45, 7) is 3.96. The molecular weight excluding hydrogens is 258 g/mol. The third-order valence-electron chi connectivity index (χ3n) is 4.05. The van der Waals surface area contributed by atoms with Gasteiger partial charge in [0, 0.05) is 12.1 Å². The molecule has 1 heterocycles. The van der Waals surface area contributed by atoms with Crippen LogP contribution in [0, 0.1) is 13.8 Å². The topological polar surface area (TPSA) is 46.2 Å². The molecular formula is C15H21NO2S. The van der Waals surface area contributed by atoms with Crippen molar-refractivity contribution in [2.75, 3.05) is 5.75 Å². The fourth-order valence-corrected chi connectivity index (χ4v) is 4.97. The highest BCUT2D eigenvalue weighted by Crippen LogP contribution is 2.36. The predicted molar refractivity (Wildman–Crippen MR) is 76.1 cm³/mol. The van der Waals surface area contributed by atoms with Crippen LogP contribution in [0.5, 0.6) is 0 Å². The first-order valence-electron chi connectivity index (χ1n) is 7.07. The van der Waals surface area contributed by atoms with Gasteiger partial charge in [0.05, 0.1) is 10.6 Å². The van der Waals surface area contributed by atoms with Crippen molar-refractivity contribution in [3.8, 4) is 0 Å². The quantitative estimate of drug-likeness (QED) is 0.905. The van der Waals surface area contributed by atoms with E-state index in [2.05, 4.69) is 11.4 Å². The van der Waals surface area contributed by atoms with Crippen molar-refractivity contribution in [1.29, 1.82) is 0 Å². The fourth-order valence-electron chi connectivity index (χ4n) is 3.11. The minimum atomic E-state index is -3.11. The van der Waals surface area contributed by atoms with E-state index in [1.165, 1.54) is 12.8 Å². The summed E-state index contributed by atoms with van der Waals surface area (Å²) in [5.74, 6) is 0.284. The molecule has 0 spiro atoms. The molecule has 104 valence electrons. The standard InChI is InChI=1S/C15H21NO2S/c1-10-8-11(2)15-13(9-10)14(16-12-5-6-12)4-3-7-19(15,17)18/h8-9,12,14,16H,3-7H2,1-2H3. The van der Waals surface area contributed by atoms with Crippen LogP contribution in [-0.2, 0) is 9.84 Å². The van der Waals surface area contributed by atoms with Crippen LogP contribution >= 0.6 is 0 Å². The van der Waals surface area contributed by atoms with Crippen LogP contribution in [0.1, 0.15) is 48.4 Å². The monoisotopic (exact) mass is 279 g/mol. The number of hydrogen-bond acceptors (Lipinski definition) is 3. The van der Waals surface area contributed by atoms with Crippen LogP contribution < -0.4 is 5.32 Å². The highest BCUT2D eigenvalue weighted by atomic mass is 32.2. The predicted octanol–water partition coefficient (Wildman–Crippen LogP) is 2.66. The molecule has 0 amide bonds. The minimum Gasteiger partial charge on any atom is -0.307 e. The first-order valence-corrected chi connectivity index (χ1v) is 8.72. The summed E-state index contributed by atoms with van der Waals surface area (Å²) < 4.78 is 24.9. The van der Waals surface area contributed by atoms with Gasteiger partial charge in [-0.05, 0) is 50.7 Å². The summed E-state index contributed by atoms with van der Waals surface area (Å²) in [5, 5.41) is 3.62. The molecule has 1 aliphatic heterocycles. The van der Waals surface area contributed by atoms with Gasteiger partial charge in [0.1, 0.15) is 0 Å². The van der Waals surface area contributed by atoms with E-state index in [4.69, 9.17) is 0 Å². The summed E-state index contributed by atoms with van der Waals surface area (Å²) in [6.07, 6.45) is 4.12. The molecule has 1 saturated carbocycles. The van der Waals surface area contributed by atoms with Gasteiger partial charge in [-0.25, -0.2) is 8.42 Å². The Balaban J connectivity index is 2.13. The molecule has 1 aromatic carbocycles. The maximum atomic E-state index is 12.4. The summed E-state index contributed by atoms with van der Waals surface area (Å²) in [6, 6.07) is 4.85. The molecule has 3 nitrogen and oxygen atoms in total. The van der Waals surface area contributed by atoms with E-state index in [9.17, 15) is 8.42 Å². The van der Waals surface area contributed by atoms with E-state index in [-0.39, 0.29) is 11.8 Å². The number of hydrogen-bond donors (Lipinski definition) is 1. The lowest BCUT2D eigenvalue weighted by atomic mass is 9.98. The molecule has 2 aliphatic rings. The van der Waals surface area contributed by atoms with Crippen molar-refractivity contribution < 1.29 is 8.42 Å². The molecule has 1 atom stereocenters. The average Bonchev–Trinajstić information content (AvgIpc) is 3.09. The van der Waals surface area contributed by atoms with E-state index in [1.54, 1.807) is 0 Å². The van der Waals surface area contributed by atoms with Crippen LogP contribution in [0.3, 0.4) is 0 Å². The van der Waals surface area contributed by atoms with E-state index in [0.717, 1.165) is 29.5 Å². The maximum absolute atomic E-state index is 12.4. The Kier molecular flexibility index (Phi) is 3.18. The second-order valence-electron chi connectivity index (χ2n) is 5.95. The Morgan fingerprint density at radius 2 is 1.89 bits per heavy atom. The molecule has 19 heavy (non-hydrogen) atoms. The Morgan fingerprint density at radius 1 is 1.16 bits per heavy atom.